The number of nitrogens with one attached hydrogen (secondary N) is 1. The molecule has 0 aliphatic carbocycles. The fraction of sp³-hybridized carbons (Fsp3) is 0.476. The van der Waals surface area contributed by atoms with E-state index >= 15 is 0 Å². The van der Waals surface area contributed by atoms with Gasteiger partial charge in [0.15, 0.2) is 5.13 Å². The molecule has 1 saturated heterocycles. The standard InChI is InChI=1S/C21H27N3O5S/c1-4-29-20(26)14-7-9-24(10-8-14)12-19(25)23-21-22-17(13-30-21)16-6-5-15(27-2)11-18(16)28-3/h5-6,11,13-14H,4,7-10,12H2,1-3H3,(H,22,23,25). The number of hydrogen-bond donors (Lipinski definition) is 1. The Morgan fingerprint density at radius 2 is 2.00 bits per heavy atom. The highest BCUT2D eigenvalue weighted by Gasteiger charge is 2.27. The highest BCUT2D eigenvalue weighted by Crippen LogP contribution is 2.34. The summed E-state index contributed by atoms with van der Waals surface area (Å²) in [5.41, 5.74) is 1.56. The number of aromatic nitrogens is 1. The van der Waals surface area contributed by atoms with Gasteiger partial charge in [0.1, 0.15) is 11.5 Å². The number of piperidine rings is 1. The molecular formula is C21H27N3O5S. The van der Waals surface area contributed by atoms with Gasteiger partial charge in [0.2, 0.25) is 5.91 Å². The maximum atomic E-state index is 12.4. The van der Waals surface area contributed by atoms with E-state index in [0.717, 1.165) is 11.3 Å². The van der Waals surface area contributed by atoms with Gasteiger partial charge >= 0.3 is 5.97 Å². The highest BCUT2D eigenvalue weighted by molar-refractivity contribution is 7.14. The number of ether oxygens (including phenoxy) is 3. The lowest BCUT2D eigenvalue weighted by molar-refractivity contribution is -0.149. The average Bonchev–Trinajstić information content (AvgIpc) is 3.21. The van der Waals surface area contributed by atoms with E-state index in [1.807, 2.05) is 29.3 Å². The van der Waals surface area contributed by atoms with Crippen LogP contribution in [0, 0.1) is 5.92 Å². The summed E-state index contributed by atoms with van der Waals surface area (Å²) in [7, 11) is 3.20. The van der Waals surface area contributed by atoms with Crippen LogP contribution in [0.5, 0.6) is 11.5 Å². The maximum absolute atomic E-state index is 12.4. The Morgan fingerprint density at radius 3 is 2.67 bits per heavy atom. The smallest absolute Gasteiger partial charge is 0.309 e. The van der Waals surface area contributed by atoms with Crippen molar-refractivity contribution in [1.29, 1.82) is 0 Å². The molecule has 2 aromatic rings. The van der Waals surface area contributed by atoms with Gasteiger partial charge in [-0.2, -0.15) is 0 Å². The normalized spacial score (nSPS) is 14.9. The van der Waals surface area contributed by atoms with E-state index in [1.165, 1.54) is 11.3 Å². The number of carbonyl (C=O) groups is 2. The second-order valence-electron chi connectivity index (χ2n) is 6.95. The molecule has 2 heterocycles. The van der Waals surface area contributed by atoms with Crippen molar-refractivity contribution in [2.45, 2.75) is 19.8 Å². The Morgan fingerprint density at radius 1 is 1.23 bits per heavy atom. The lowest BCUT2D eigenvalue weighted by atomic mass is 9.97. The van der Waals surface area contributed by atoms with Gasteiger partial charge in [-0.15, -0.1) is 11.3 Å². The summed E-state index contributed by atoms with van der Waals surface area (Å²) in [5.74, 6) is 1.04. The summed E-state index contributed by atoms with van der Waals surface area (Å²) in [6.07, 6.45) is 1.43. The van der Waals surface area contributed by atoms with E-state index in [1.54, 1.807) is 20.3 Å². The number of anilines is 1. The first-order valence-electron chi connectivity index (χ1n) is 9.90. The van der Waals surface area contributed by atoms with Crippen molar-refractivity contribution in [3.8, 4) is 22.8 Å². The fourth-order valence-electron chi connectivity index (χ4n) is 3.41. The van der Waals surface area contributed by atoms with E-state index in [-0.39, 0.29) is 24.3 Å². The SMILES string of the molecule is CCOC(=O)C1CCN(CC(=O)Nc2nc(-c3ccc(OC)cc3OC)cs2)CC1. The number of nitrogens with zero attached hydrogens (tertiary/aromatic N) is 2. The summed E-state index contributed by atoms with van der Waals surface area (Å²) < 4.78 is 15.7. The Hall–Kier alpha value is -2.65. The molecule has 162 valence electrons. The Bertz CT molecular complexity index is 877. The molecule has 9 heteroatoms. The Balaban J connectivity index is 1.54. The zero-order chi connectivity index (χ0) is 21.5. The molecule has 1 aliphatic rings. The third-order valence-corrected chi connectivity index (χ3v) is 5.77. The first kappa shape index (κ1) is 22.0. The summed E-state index contributed by atoms with van der Waals surface area (Å²) >= 11 is 1.36. The Kier molecular flexibility index (Phi) is 7.64. The van der Waals surface area contributed by atoms with E-state index < -0.39 is 0 Å². The van der Waals surface area contributed by atoms with Crippen molar-refractivity contribution >= 4 is 28.3 Å². The first-order valence-corrected chi connectivity index (χ1v) is 10.8. The van der Waals surface area contributed by atoms with Gasteiger partial charge in [-0.05, 0) is 45.0 Å². The van der Waals surface area contributed by atoms with E-state index in [4.69, 9.17) is 14.2 Å². The number of hydrogen-bond acceptors (Lipinski definition) is 8. The molecule has 1 aromatic carbocycles. The molecule has 0 unspecified atom stereocenters. The molecule has 1 amide bonds. The van der Waals surface area contributed by atoms with Crippen LogP contribution in [0.4, 0.5) is 5.13 Å². The molecule has 3 rings (SSSR count). The van der Waals surface area contributed by atoms with Crippen LogP contribution in [0.1, 0.15) is 19.8 Å². The lowest BCUT2D eigenvalue weighted by Gasteiger charge is -2.30. The number of benzene rings is 1. The number of rotatable bonds is 8. The van der Waals surface area contributed by atoms with Gasteiger partial charge < -0.3 is 19.5 Å². The van der Waals surface area contributed by atoms with Crippen molar-refractivity contribution in [1.82, 2.24) is 9.88 Å². The van der Waals surface area contributed by atoms with E-state index in [9.17, 15) is 9.59 Å². The minimum atomic E-state index is -0.133. The average molecular weight is 434 g/mol. The number of esters is 1. The van der Waals surface area contributed by atoms with Gasteiger partial charge in [-0.25, -0.2) is 4.98 Å². The predicted octanol–water partition coefficient (Wildman–Crippen LogP) is 3.04. The van der Waals surface area contributed by atoms with Crippen molar-refractivity contribution in [2.24, 2.45) is 5.92 Å². The van der Waals surface area contributed by atoms with E-state index in [0.29, 0.717) is 49.2 Å². The molecule has 1 aliphatic heterocycles. The molecule has 1 aromatic heterocycles. The molecule has 1 fully saturated rings. The summed E-state index contributed by atoms with van der Waals surface area (Å²) in [4.78, 5) is 30.8. The summed E-state index contributed by atoms with van der Waals surface area (Å²) in [5, 5.41) is 5.28. The highest BCUT2D eigenvalue weighted by atomic mass is 32.1. The molecule has 8 nitrogen and oxygen atoms in total. The number of methoxy groups -OCH3 is 2. The molecule has 0 spiro atoms. The minimum Gasteiger partial charge on any atom is -0.497 e. The number of thiazole rings is 1. The van der Waals surface area contributed by atoms with Crippen LogP contribution >= 0.6 is 11.3 Å². The van der Waals surface area contributed by atoms with Crippen molar-refractivity contribution in [3.63, 3.8) is 0 Å². The predicted molar refractivity (Wildman–Crippen MR) is 115 cm³/mol. The first-order chi connectivity index (χ1) is 14.5. The second kappa shape index (κ2) is 10.4. The van der Waals surface area contributed by atoms with Crippen molar-refractivity contribution in [3.05, 3.63) is 23.6 Å². The largest absolute Gasteiger partial charge is 0.497 e. The number of likely N-dealkylation sites (tertiary alicyclic amines) is 1. The minimum absolute atomic E-state index is 0.0646. The van der Waals surface area contributed by atoms with Crippen LogP contribution in [-0.4, -0.2) is 62.2 Å². The Labute approximate surface area is 180 Å². The molecule has 1 N–H and O–H groups in total. The van der Waals surface area contributed by atoms with Crippen molar-refractivity contribution < 1.29 is 23.8 Å². The molecule has 30 heavy (non-hydrogen) atoms. The molecule has 0 saturated carbocycles. The van der Waals surface area contributed by atoms with Gasteiger partial charge in [0, 0.05) is 17.0 Å². The molecular weight excluding hydrogens is 406 g/mol. The molecule has 0 atom stereocenters. The quantitative estimate of drug-likeness (QED) is 0.640. The third-order valence-electron chi connectivity index (χ3n) is 5.01. The van der Waals surface area contributed by atoms with Crippen LogP contribution < -0.4 is 14.8 Å². The van der Waals surface area contributed by atoms with Crippen molar-refractivity contribution in [2.75, 3.05) is 45.8 Å². The summed E-state index contributed by atoms with van der Waals surface area (Å²) in [6, 6.07) is 5.52. The van der Waals surface area contributed by atoms with Crippen LogP contribution in [0.3, 0.4) is 0 Å². The summed E-state index contributed by atoms with van der Waals surface area (Å²) in [6.45, 7) is 3.88. The van der Waals surface area contributed by atoms with Crippen LogP contribution in [0.15, 0.2) is 23.6 Å². The second-order valence-corrected chi connectivity index (χ2v) is 7.81. The van der Waals surface area contributed by atoms with Crippen LogP contribution in [0.25, 0.3) is 11.3 Å². The zero-order valence-corrected chi connectivity index (χ0v) is 18.3. The zero-order valence-electron chi connectivity index (χ0n) is 17.5. The monoisotopic (exact) mass is 433 g/mol. The topological polar surface area (TPSA) is 90.0 Å². The number of amides is 1. The molecule has 0 bridgehead atoms. The van der Waals surface area contributed by atoms with Crippen LogP contribution in [-0.2, 0) is 14.3 Å². The van der Waals surface area contributed by atoms with Crippen LogP contribution in [0.2, 0.25) is 0 Å². The van der Waals surface area contributed by atoms with Gasteiger partial charge in [0.05, 0.1) is 39.0 Å². The third kappa shape index (κ3) is 5.48. The lowest BCUT2D eigenvalue weighted by Crippen LogP contribution is -2.41. The maximum Gasteiger partial charge on any atom is 0.309 e. The van der Waals surface area contributed by atoms with Gasteiger partial charge in [-0.3, -0.25) is 14.5 Å². The number of carbonyl (C=O) groups excluding carboxylic acids is 2. The van der Waals surface area contributed by atoms with E-state index in [2.05, 4.69) is 10.3 Å². The fourth-order valence-corrected chi connectivity index (χ4v) is 4.14. The molecule has 0 radical (unpaired) electrons. The van der Waals surface area contributed by atoms with Gasteiger partial charge in [0.25, 0.3) is 0 Å². The van der Waals surface area contributed by atoms with Gasteiger partial charge in [-0.1, -0.05) is 0 Å².